The molecule has 25 heavy (non-hydrogen) atoms. The van der Waals surface area contributed by atoms with Gasteiger partial charge in [0.2, 0.25) is 0 Å². The van der Waals surface area contributed by atoms with E-state index in [9.17, 15) is 4.79 Å². The van der Waals surface area contributed by atoms with Crippen molar-refractivity contribution >= 4 is 12.0 Å². The van der Waals surface area contributed by atoms with E-state index in [1.165, 1.54) is 0 Å². The van der Waals surface area contributed by atoms with Crippen LogP contribution < -0.4 is 0 Å². The summed E-state index contributed by atoms with van der Waals surface area (Å²) < 4.78 is 6.82. The van der Waals surface area contributed by atoms with Crippen LogP contribution in [0, 0.1) is 0 Å². The zero-order chi connectivity index (χ0) is 17.5. The molecule has 3 rings (SSSR count). The molecule has 2 aromatic carbocycles. The molecular formula is C20H19N3O2. The van der Waals surface area contributed by atoms with Crippen LogP contribution in [0.15, 0.2) is 72.4 Å². The molecule has 0 spiro atoms. The van der Waals surface area contributed by atoms with Crippen LogP contribution in [0.3, 0.4) is 0 Å². The van der Waals surface area contributed by atoms with Crippen LogP contribution in [0.4, 0.5) is 0 Å². The van der Waals surface area contributed by atoms with Crippen molar-refractivity contribution in [2.45, 2.75) is 13.5 Å². The van der Waals surface area contributed by atoms with Gasteiger partial charge in [0.25, 0.3) is 0 Å². The Kier molecular flexibility index (Phi) is 5.36. The first kappa shape index (κ1) is 16.6. The fourth-order valence-corrected chi connectivity index (χ4v) is 2.43. The van der Waals surface area contributed by atoms with Crippen molar-refractivity contribution in [1.29, 1.82) is 0 Å². The summed E-state index contributed by atoms with van der Waals surface area (Å²) >= 11 is 0. The lowest BCUT2D eigenvalue weighted by Crippen LogP contribution is -2.13. The van der Waals surface area contributed by atoms with Crippen LogP contribution in [-0.2, 0) is 16.1 Å². The molecule has 0 aliphatic carbocycles. The standard InChI is InChI=1S/C20H19N3O2/c1-2-25-20(24)18(13-16-9-5-3-6-10-16)14-23-15-19(21-22-23)17-11-7-4-8-12-17/h3-13,15H,2,14H2,1H3/b18-13+. The molecule has 1 aromatic heterocycles. The van der Waals surface area contributed by atoms with E-state index in [2.05, 4.69) is 10.3 Å². The quantitative estimate of drug-likeness (QED) is 0.511. The summed E-state index contributed by atoms with van der Waals surface area (Å²) in [5, 5.41) is 8.32. The van der Waals surface area contributed by atoms with Crippen LogP contribution in [-0.4, -0.2) is 27.6 Å². The van der Waals surface area contributed by atoms with Gasteiger partial charge in [-0.25, -0.2) is 9.48 Å². The van der Waals surface area contributed by atoms with Crippen molar-refractivity contribution in [3.8, 4) is 11.3 Å². The molecule has 5 heteroatoms. The minimum absolute atomic E-state index is 0.299. The fourth-order valence-electron chi connectivity index (χ4n) is 2.43. The first-order valence-corrected chi connectivity index (χ1v) is 8.14. The summed E-state index contributed by atoms with van der Waals surface area (Å²) in [5.74, 6) is -0.344. The highest BCUT2D eigenvalue weighted by atomic mass is 16.5. The zero-order valence-corrected chi connectivity index (χ0v) is 14.0. The monoisotopic (exact) mass is 333 g/mol. The Labute approximate surface area is 146 Å². The summed E-state index contributed by atoms with van der Waals surface area (Å²) in [6.07, 6.45) is 3.65. The Bertz CT molecular complexity index is 855. The Morgan fingerprint density at radius 3 is 2.44 bits per heavy atom. The van der Waals surface area contributed by atoms with Gasteiger partial charge >= 0.3 is 5.97 Å². The number of hydrogen-bond acceptors (Lipinski definition) is 4. The molecule has 0 aliphatic rings. The van der Waals surface area contributed by atoms with Gasteiger partial charge in [0, 0.05) is 5.56 Å². The van der Waals surface area contributed by atoms with E-state index in [1.807, 2.05) is 72.9 Å². The van der Waals surface area contributed by atoms with Crippen molar-refractivity contribution < 1.29 is 9.53 Å². The minimum atomic E-state index is -0.344. The summed E-state index contributed by atoms with van der Waals surface area (Å²) in [4.78, 5) is 12.3. The molecule has 0 fully saturated rings. The number of benzene rings is 2. The number of ether oxygens (including phenoxy) is 1. The molecule has 5 nitrogen and oxygen atoms in total. The van der Waals surface area contributed by atoms with E-state index in [1.54, 1.807) is 11.6 Å². The van der Waals surface area contributed by atoms with Gasteiger partial charge < -0.3 is 4.74 Å². The third-order valence-corrected chi connectivity index (χ3v) is 3.62. The maximum atomic E-state index is 12.3. The zero-order valence-electron chi connectivity index (χ0n) is 14.0. The number of nitrogens with zero attached hydrogens (tertiary/aromatic N) is 3. The predicted molar refractivity (Wildman–Crippen MR) is 96.5 cm³/mol. The molecule has 0 N–H and O–H groups in total. The second kappa shape index (κ2) is 8.06. The van der Waals surface area contributed by atoms with Gasteiger partial charge in [0.05, 0.1) is 24.9 Å². The van der Waals surface area contributed by atoms with Crippen LogP contribution in [0.1, 0.15) is 12.5 Å². The Balaban J connectivity index is 1.84. The highest BCUT2D eigenvalue weighted by Gasteiger charge is 2.13. The third-order valence-electron chi connectivity index (χ3n) is 3.62. The van der Waals surface area contributed by atoms with E-state index in [-0.39, 0.29) is 5.97 Å². The molecule has 0 saturated carbocycles. The highest BCUT2D eigenvalue weighted by Crippen LogP contribution is 2.16. The van der Waals surface area contributed by atoms with E-state index < -0.39 is 0 Å². The van der Waals surface area contributed by atoms with Gasteiger partial charge in [-0.2, -0.15) is 0 Å². The maximum absolute atomic E-state index is 12.3. The lowest BCUT2D eigenvalue weighted by Gasteiger charge is -2.07. The molecule has 0 saturated heterocycles. The SMILES string of the molecule is CCOC(=O)/C(=C/c1ccccc1)Cn1cc(-c2ccccc2)nn1. The molecule has 0 radical (unpaired) electrons. The van der Waals surface area contributed by atoms with Crippen molar-refractivity contribution in [1.82, 2.24) is 15.0 Å². The maximum Gasteiger partial charge on any atom is 0.335 e. The van der Waals surface area contributed by atoms with Gasteiger partial charge in [0.1, 0.15) is 5.69 Å². The van der Waals surface area contributed by atoms with Crippen LogP contribution in [0.2, 0.25) is 0 Å². The molecule has 0 bridgehead atoms. The normalized spacial score (nSPS) is 11.3. The molecule has 0 atom stereocenters. The van der Waals surface area contributed by atoms with Gasteiger partial charge in [-0.05, 0) is 18.6 Å². The lowest BCUT2D eigenvalue weighted by atomic mass is 10.1. The van der Waals surface area contributed by atoms with Crippen molar-refractivity contribution in [2.24, 2.45) is 0 Å². The fraction of sp³-hybridized carbons (Fsp3) is 0.150. The molecule has 126 valence electrons. The lowest BCUT2D eigenvalue weighted by molar-refractivity contribution is -0.138. The van der Waals surface area contributed by atoms with Crippen LogP contribution in [0.25, 0.3) is 17.3 Å². The summed E-state index contributed by atoms with van der Waals surface area (Å²) in [6, 6.07) is 19.5. The second-order valence-corrected chi connectivity index (χ2v) is 5.47. The van der Waals surface area contributed by atoms with E-state index in [0.29, 0.717) is 18.7 Å². The van der Waals surface area contributed by atoms with E-state index >= 15 is 0 Å². The Hall–Kier alpha value is -3.21. The number of rotatable bonds is 6. The van der Waals surface area contributed by atoms with Gasteiger partial charge in [-0.15, -0.1) is 5.10 Å². The molecular weight excluding hydrogens is 314 g/mol. The largest absolute Gasteiger partial charge is 0.463 e. The number of carbonyl (C=O) groups excluding carboxylic acids is 1. The first-order chi connectivity index (χ1) is 12.3. The van der Waals surface area contributed by atoms with Crippen molar-refractivity contribution in [3.05, 3.63) is 78.0 Å². The van der Waals surface area contributed by atoms with Gasteiger partial charge in [0.15, 0.2) is 0 Å². The van der Waals surface area contributed by atoms with Crippen LogP contribution >= 0.6 is 0 Å². The molecule has 0 aliphatic heterocycles. The summed E-state index contributed by atoms with van der Waals surface area (Å²) in [6.45, 7) is 2.42. The van der Waals surface area contributed by atoms with Crippen molar-refractivity contribution in [2.75, 3.05) is 6.61 Å². The Morgan fingerprint density at radius 1 is 1.08 bits per heavy atom. The van der Waals surface area contributed by atoms with E-state index in [0.717, 1.165) is 16.8 Å². The predicted octanol–water partition coefficient (Wildman–Crippen LogP) is 3.59. The minimum Gasteiger partial charge on any atom is -0.463 e. The molecule has 0 unspecified atom stereocenters. The molecule has 1 heterocycles. The number of hydrogen-bond donors (Lipinski definition) is 0. The number of esters is 1. The first-order valence-electron chi connectivity index (χ1n) is 8.14. The highest BCUT2D eigenvalue weighted by molar-refractivity contribution is 5.93. The van der Waals surface area contributed by atoms with Gasteiger partial charge in [-0.3, -0.25) is 0 Å². The summed E-state index contributed by atoms with van der Waals surface area (Å²) in [7, 11) is 0. The number of carbonyl (C=O) groups is 1. The average molecular weight is 333 g/mol. The molecule has 0 amide bonds. The topological polar surface area (TPSA) is 57.0 Å². The smallest absolute Gasteiger partial charge is 0.335 e. The van der Waals surface area contributed by atoms with Crippen LogP contribution in [0.5, 0.6) is 0 Å². The van der Waals surface area contributed by atoms with Crippen molar-refractivity contribution in [3.63, 3.8) is 0 Å². The second-order valence-electron chi connectivity index (χ2n) is 5.47. The third kappa shape index (κ3) is 4.41. The van der Waals surface area contributed by atoms with Gasteiger partial charge in [-0.1, -0.05) is 65.9 Å². The average Bonchev–Trinajstić information content (AvgIpc) is 3.12. The van der Waals surface area contributed by atoms with E-state index in [4.69, 9.17) is 4.74 Å². The summed E-state index contributed by atoms with van der Waals surface area (Å²) in [5.41, 5.74) is 3.22. The number of aromatic nitrogens is 3. The molecule has 3 aromatic rings. The Morgan fingerprint density at radius 2 is 1.76 bits per heavy atom.